The number of rotatable bonds is 5. The summed E-state index contributed by atoms with van der Waals surface area (Å²) in [5.41, 5.74) is 1.09. The Morgan fingerprint density at radius 2 is 2.00 bits per heavy atom. The predicted molar refractivity (Wildman–Crippen MR) is 88.7 cm³/mol. The Morgan fingerprint density at radius 3 is 2.71 bits per heavy atom. The molecule has 0 bridgehead atoms. The first-order valence-electron chi connectivity index (χ1n) is 8.68. The molecule has 2 fully saturated rings. The van der Waals surface area contributed by atoms with Gasteiger partial charge in [0.25, 0.3) is 0 Å². The van der Waals surface area contributed by atoms with Crippen LogP contribution in [0.4, 0.5) is 5.69 Å². The number of para-hydroxylation sites is 1. The zero-order valence-corrected chi connectivity index (χ0v) is 13.7. The molecule has 1 aliphatic heterocycles. The number of hydrogen-bond donors (Lipinski definition) is 3. The van der Waals surface area contributed by atoms with Crippen LogP contribution in [0, 0.1) is 0 Å². The van der Waals surface area contributed by atoms with E-state index in [2.05, 4.69) is 5.32 Å². The van der Waals surface area contributed by atoms with Gasteiger partial charge in [0.1, 0.15) is 18.4 Å². The van der Waals surface area contributed by atoms with Gasteiger partial charge < -0.3 is 25.0 Å². The zero-order chi connectivity index (χ0) is 16.9. The van der Waals surface area contributed by atoms with Crippen molar-refractivity contribution >= 4 is 11.7 Å². The highest BCUT2D eigenvalue weighted by molar-refractivity contribution is 5.95. The predicted octanol–water partition coefficient (Wildman–Crippen LogP) is 2.06. The van der Waals surface area contributed by atoms with Crippen molar-refractivity contribution in [2.75, 3.05) is 11.9 Å². The highest BCUT2D eigenvalue weighted by Gasteiger charge is 2.34. The molecule has 0 spiro atoms. The van der Waals surface area contributed by atoms with Gasteiger partial charge in [0.2, 0.25) is 0 Å². The van der Waals surface area contributed by atoms with Crippen molar-refractivity contribution in [3.8, 4) is 0 Å². The van der Waals surface area contributed by atoms with Crippen molar-refractivity contribution in [3.63, 3.8) is 0 Å². The van der Waals surface area contributed by atoms with Gasteiger partial charge in [0, 0.05) is 6.42 Å². The van der Waals surface area contributed by atoms with Gasteiger partial charge >= 0.3 is 5.97 Å². The van der Waals surface area contributed by atoms with Gasteiger partial charge in [0.15, 0.2) is 0 Å². The third-order valence-corrected chi connectivity index (χ3v) is 4.69. The fraction of sp³-hybridized carbons (Fsp3) is 0.611. The average Bonchev–Trinajstić information content (AvgIpc) is 2.95. The van der Waals surface area contributed by atoms with E-state index in [4.69, 9.17) is 14.6 Å². The Kier molecular flexibility index (Phi) is 5.71. The topological polar surface area (TPSA) is 88.0 Å². The fourth-order valence-corrected chi connectivity index (χ4v) is 3.34. The summed E-state index contributed by atoms with van der Waals surface area (Å²) < 4.78 is 11.2. The summed E-state index contributed by atoms with van der Waals surface area (Å²) in [7, 11) is 0. The summed E-state index contributed by atoms with van der Waals surface area (Å²) in [4.78, 5) is 12.5. The molecule has 24 heavy (non-hydrogen) atoms. The maximum absolute atomic E-state index is 12.5. The number of aliphatic hydroxyl groups excluding tert-OH is 2. The number of anilines is 1. The maximum atomic E-state index is 12.5. The second-order valence-corrected chi connectivity index (χ2v) is 6.50. The van der Waals surface area contributed by atoms with Gasteiger partial charge in [-0.25, -0.2) is 4.79 Å². The molecule has 1 aromatic carbocycles. The normalized spacial score (nSPS) is 27.8. The van der Waals surface area contributed by atoms with E-state index >= 15 is 0 Å². The zero-order valence-electron chi connectivity index (χ0n) is 13.7. The van der Waals surface area contributed by atoms with E-state index in [0.29, 0.717) is 17.7 Å². The first kappa shape index (κ1) is 17.2. The second-order valence-electron chi connectivity index (χ2n) is 6.50. The highest BCUT2D eigenvalue weighted by Crippen LogP contribution is 2.26. The van der Waals surface area contributed by atoms with Crippen molar-refractivity contribution in [2.45, 2.75) is 63.1 Å². The molecular weight excluding hydrogens is 310 g/mol. The number of hydrogen-bond acceptors (Lipinski definition) is 6. The number of aliphatic hydroxyl groups is 2. The molecule has 2 aliphatic rings. The second kappa shape index (κ2) is 7.96. The minimum Gasteiger partial charge on any atom is -0.459 e. The van der Waals surface area contributed by atoms with Gasteiger partial charge in [-0.1, -0.05) is 18.6 Å². The van der Waals surface area contributed by atoms with Crippen molar-refractivity contribution < 1.29 is 24.5 Å². The molecule has 132 valence electrons. The van der Waals surface area contributed by atoms with E-state index in [9.17, 15) is 9.90 Å². The van der Waals surface area contributed by atoms with Crippen LogP contribution in [0.3, 0.4) is 0 Å². The van der Waals surface area contributed by atoms with Crippen LogP contribution in [-0.2, 0) is 9.47 Å². The number of benzene rings is 1. The summed E-state index contributed by atoms with van der Waals surface area (Å²) in [5.74, 6) is -0.331. The van der Waals surface area contributed by atoms with E-state index in [1.54, 1.807) is 18.2 Å². The van der Waals surface area contributed by atoms with Gasteiger partial charge in [0.05, 0.1) is 24.0 Å². The van der Waals surface area contributed by atoms with Crippen molar-refractivity contribution in [2.24, 2.45) is 0 Å². The Balaban J connectivity index is 1.65. The van der Waals surface area contributed by atoms with Gasteiger partial charge in [-0.15, -0.1) is 0 Å². The molecule has 1 aliphatic carbocycles. The molecule has 1 saturated carbocycles. The lowest BCUT2D eigenvalue weighted by Crippen LogP contribution is -2.25. The molecule has 3 rings (SSSR count). The van der Waals surface area contributed by atoms with Crippen molar-refractivity contribution in [1.82, 2.24) is 0 Å². The Hall–Kier alpha value is -1.63. The molecule has 1 saturated heterocycles. The van der Waals surface area contributed by atoms with Crippen LogP contribution in [0.25, 0.3) is 0 Å². The monoisotopic (exact) mass is 335 g/mol. The van der Waals surface area contributed by atoms with Crippen LogP contribution in [0.2, 0.25) is 0 Å². The van der Waals surface area contributed by atoms with Crippen LogP contribution < -0.4 is 5.32 Å². The number of ether oxygens (including phenoxy) is 2. The van der Waals surface area contributed by atoms with Crippen molar-refractivity contribution in [1.29, 1.82) is 0 Å². The fourth-order valence-electron chi connectivity index (χ4n) is 3.34. The number of esters is 1. The first-order valence-corrected chi connectivity index (χ1v) is 8.68. The summed E-state index contributed by atoms with van der Waals surface area (Å²) >= 11 is 0. The minimum atomic E-state index is -0.714. The molecule has 0 amide bonds. The van der Waals surface area contributed by atoms with E-state index in [0.717, 1.165) is 25.7 Å². The lowest BCUT2D eigenvalue weighted by Gasteiger charge is -2.23. The van der Waals surface area contributed by atoms with Crippen LogP contribution in [-0.4, -0.2) is 47.3 Å². The Morgan fingerprint density at radius 1 is 1.25 bits per heavy atom. The maximum Gasteiger partial charge on any atom is 0.340 e. The number of carbonyl (C=O) groups excluding carboxylic acids is 1. The highest BCUT2D eigenvalue weighted by atomic mass is 16.5. The van der Waals surface area contributed by atoms with Crippen LogP contribution >= 0.6 is 0 Å². The molecule has 0 radical (unpaired) electrons. The Bertz CT molecular complexity index is 558. The molecule has 1 heterocycles. The lowest BCUT2D eigenvalue weighted by atomic mass is 9.98. The first-order chi connectivity index (χ1) is 11.7. The molecule has 6 heteroatoms. The molecule has 3 N–H and O–H groups in total. The molecule has 6 nitrogen and oxygen atoms in total. The quantitative estimate of drug-likeness (QED) is 0.714. The van der Waals surface area contributed by atoms with E-state index in [-0.39, 0.29) is 18.7 Å². The van der Waals surface area contributed by atoms with E-state index in [1.807, 2.05) is 6.07 Å². The number of nitrogens with one attached hydrogen (secondary N) is 1. The van der Waals surface area contributed by atoms with Crippen LogP contribution in [0.1, 0.15) is 48.9 Å². The minimum absolute atomic E-state index is 0.00243. The average molecular weight is 335 g/mol. The summed E-state index contributed by atoms with van der Waals surface area (Å²) in [6.07, 6.45) is 3.88. The van der Waals surface area contributed by atoms with Crippen LogP contribution in [0.5, 0.6) is 0 Å². The van der Waals surface area contributed by atoms with E-state index < -0.39 is 18.4 Å². The Labute approximate surface area is 141 Å². The molecule has 1 aromatic rings. The van der Waals surface area contributed by atoms with Gasteiger partial charge in [-0.3, -0.25) is 0 Å². The molecule has 1 unspecified atom stereocenters. The smallest absolute Gasteiger partial charge is 0.340 e. The molecule has 3 atom stereocenters. The van der Waals surface area contributed by atoms with Crippen molar-refractivity contribution in [3.05, 3.63) is 29.8 Å². The van der Waals surface area contributed by atoms with Crippen LogP contribution in [0.15, 0.2) is 24.3 Å². The third kappa shape index (κ3) is 4.06. The van der Waals surface area contributed by atoms with Gasteiger partial charge in [-0.05, 0) is 37.8 Å². The summed E-state index contributed by atoms with van der Waals surface area (Å²) in [6.45, 7) is -0.231. The third-order valence-electron chi connectivity index (χ3n) is 4.69. The standard InChI is InChI=1S/C18H25NO5/c20-11-16-15(21)10-17(24-16)19-14-9-5-4-8-13(14)18(22)23-12-6-2-1-3-7-12/h4-5,8-9,12,15-17,19-21H,1-3,6-7,10-11H2/t15-,16+,17?/m0/s1. The van der Waals surface area contributed by atoms with E-state index in [1.165, 1.54) is 6.42 Å². The largest absolute Gasteiger partial charge is 0.459 e. The van der Waals surface area contributed by atoms with Gasteiger partial charge in [-0.2, -0.15) is 0 Å². The SMILES string of the molecule is O=C(OC1CCCCC1)c1ccccc1NC1C[C@H](O)[C@@H](CO)O1. The molecular formula is C18H25NO5. The lowest BCUT2D eigenvalue weighted by molar-refractivity contribution is -0.0149. The summed E-state index contributed by atoms with van der Waals surface area (Å²) in [5, 5.41) is 22.1. The molecule has 0 aromatic heterocycles. The summed E-state index contributed by atoms with van der Waals surface area (Å²) in [6, 6.07) is 7.14. The number of carbonyl (C=O) groups is 1.